The fourth-order valence-electron chi connectivity index (χ4n) is 2.80. The lowest BCUT2D eigenvalue weighted by molar-refractivity contribution is -0.137. The van der Waals surface area contributed by atoms with Crippen molar-refractivity contribution in [1.82, 2.24) is 5.32 Å². The van der Waals surface area contributed by atoms with Gasteiger partial charge in [-0.1, -0.05) is 19.8 Å². The van der Waals surface area contributed by atoms with E-state index in [2.05, 4.69) is 12.2 Å². The van der Waals surface area contributed by atoms with E-state index in [1.54, 1.807) is 0 Å². The van der Waals surface area contributed by atoms with Gasteiger partial charge in [-0.25, -0.2) is 0 Å². The van der Waals surface area contributed by atoms with Gasteiger partial charge in [0, 0.05) is 17.9 Å². The van der Waals surface area contributed by atoms with Gasteiger partial charge >= 0.3 is 5.97 Å². The first-order valence-electron chi connectivity index (χ1n) is 7.03. The molecule has 1 rings (SSSR count). The summed E-state index contributed by atoms with van der Waals surface area (Å²) in [5, 5.41) is 11.6. The maximum atomic E-state index is 12.3. The quantitative estimate of drug-likeness (QED) is 0.735. The molecular weight excluding hydrogens is 230 g/mol. The van der Waals surface area contributed by atoms with Crippen LogP contribution in [0.5, 0.6) is 0 Å². The molecular formula is C14H25NO3. The first kappa shape index (κ1) is 15.0. The summed E-state index contributed by atoms with van der Waals surface area (Å²) in [6.45, 7) is 4.04. The van der Waals surface area contributed by atoms with Crippen LogP contribution in [0, 0.1) is 5.41 Å². The number of carbonyl (C=O) groups is 2. The van der Waals surface area contributed by atoms with Crippen LogP contribution in [-0.2, 0) is 9.59 Å². The smallest absolute Gasteiger partial charge is 0.303 e. The molecule has 0 radical (unpaired) electrons. The van der Waals surface area contributed by atoms with Gasteiger partial charge in [0.2, 0.25) is 5.91 Å². The van der Waals surface area contributed by atoms with Crippen LogP contribution in [-0.4, -0.2) is 23.0 Å². The third-order valence-corrected chi connectivity index (χ3v) is 4.12. The van der Waals surface area contributed by atoms with Gasteiger partial charge < -0.3 is 10.4 Å². The molecule has 1 unspecified atom stereocenters. The van der Waals surface area contributed by atoms with Crippen molar-refractivity contribution in [2.75, 3.05) is 0 Å². The molecule has 1 aliphatic rings. The Hall–Kier alpha value is -1.06. The van der Waals surface area contributed by atoms with Crippen molar-refractivity contribution in [3.8, 4) is 0 Å². The first-order chi connectivity index (χ1) is 8.50. The Morgan fingerprint density at radius 1 is 1.33 bits per heavy atom. The van der Waals surface area contributed by atoms with Gasteiger partial charge in [-0.2, -0.15) is 0 Å². The highest BCUT2D eigenvalue weighted by molar-refractivity contribution is 5.83. The summed E-state index contributed by atoms with van der Waals surface area (Å²) in [6.07, 6.45) is 6.73. The SMILES string of the molecule is CCC1(C(=O)NC(C)CCCC(=O)O)CCCC1. The average molecular weight is 255 g/mol. The van der Waals surface area contributed by atoms with Crippen LogP contribution in [0.3, 0.4) is 0 Å². The molecule has 1 aliphatic carbocycles. The maximum Gasteiger partial charge on any atom is 0.303 e. The standard InChI is InChI=1S/C14H25NO3/c1-3-14(9-4-5-10-14)13(18)15-11(2)7-6-8-12(16)17/h11H,3-10H2,1-2H3,(H,15,18)(H,16,17). The van der Waals surface area contributed by atoms with E-state index in [4.69, 9.17) is 5.11 Å². The molecule has 0 bridgehead atoms. The minimum absolute atomic E-state index is 0.0703. The summed E-state index contributed by atoms with van der Waals surface area (Å²) in [4.78, 5) is 22.7. The van der Waals surface area contributed by atoms with Crippen LogP contribution in [0.4, 0.5) is 0 Å². The third kappa shape index (κ3) is 4.00. The zero-order valence-corrected chi connectivity index (χ0v) is 11.5. The van der Waals surface area contributed by atoms with Gasteiger partial charge in [0.25, 0.3) is 0 Å². The minimum atomic E-state index is -0.769. The fourth-order valence-corrected chi connectivity index (χ4v) is 2.80. The highest BCUT2D eigenvalue weighted by atomic mass is 16.4. The molecule has 0 spiro atoms. The van der Waals surface area contributed by atoms with E-state index in [0.29, 0.717) is 6.42 Å². The topological polar surface area (TPSA) is 66.4 Å². The highest BCUT2D eigenvalue weighted by Gasteiger charge is 2.39. The molecule has 0 saturated heterocycles. The van der Waals surface area contributed by atoms with E-state index in [-0.39, 0.29) is 23.8 Å². The molecule has 1 saturated carbocycles. The number of carboxylic acids is 1. The second-order valence-corrected chi connectivity index (χ2v) is 5.50. The molecule has 4 heteroatoms. The Morgan fingerprint density at radius 3 is 2.44 bits per heavy atom. The van der Waals surface area contributed by atoms with E-state index in [1.807, 2.05) is 6.92 Å². The van der Waals surface area contributed by atoms with E-state index < -0.39 is 5.97 Å². The Bertz CT molecular complexity index is 295. The van der Waals surface area contributed by atoms with Crippen molar-refractivity contribution in [2.45, 2.75) is 71.3 Å². The summed E-state index contributed by atoms with van der Waals surface area (Å²) in [6, 6.07) is 0.0703. The minimum Gasteiger partial charge on any atom is -0.481 e. The lowest BCUT2D eigenvalue weighted by atomic mass is 9.82. The molecule has 18 heavy (non-hydrogen) atoms. The Morgan fingerprint density at radius 2 is 1.94 bits per heavy atom. The lowest BCUT2D eigenvalue weighted by Gasteiger charge is -2.28. The van der Waals surface area contributed by atoms with Gasteiger partial charge in [0.05, 0.1) is 0 Å². The van der Waals surface area contributed by atoms with Crippen molar-refractivity contribution in [1.29, 1.82) is 0 Å². The Balaban J connectivity index is 2.36. The number of carboxylic acid groups (broad SMARTS) is 1. The normalized spacial score (nSPS) is 19.4. The van der Waals surface area contributed by atoms with Gasteiger partial charge in [0.1, 0.15) is 0 Å². The average Bonchev–Trinajstić information content (AvgIpc) is 2.78. The van der Waals surface area contributed by atoms with Crippen LogP contribution >= 0.6 is 0 Å². The number of aliphatic carboxylic acids is 1. The predicted molar refractivity (Wildman–Crippen MR) is 70.3 cm³/mol. The van der Waals surface area contributed by atoms with Crippen LogP contribution < -0.4 is 5.32 Å². The van der Waals surface area contributed by atoms with Gasteiger partial charge in [-0.3, -0.25) is 9.59 Å². The lowest BCUT2D eigenvalue weighted by Crippen LogP contribution is -2.43. The van der Waals surface area contributed by atoms with Gasteiger partial charge in [-0.05, 0) is 39.0 Å². The number of nitrogens with one attached hydrogen (secondary N) is 1. The molecule has 4 nitrogen and oxygen atoms in total. The van der Waals surface area contributed by atoms with Crippen LogP contribution in [0.15, 0.2) is 0 Å². The van der Waals surface area contributed by atoms with Crippen molar-refractivity contribution in [3.05, 3.63) is 0 Å². The molecule has 0 aromatic carbocycles. The summed E-state index contributed by atoms with van der Waals surface area (Å²) in [7, 11) is 0. The van der Waals surface area contributed by atoms with Gasteiger partial charge in [0.15, 0.2) is 0 Å². The van der Waals surface area contributed by atoms with E-state index in [9.17, 15) is 9.59 Å². The summed E-state index contributed by atoms with van der Waals surface area (Å²) >= 11 is 0. The Kier molecular flexibility index (Phi) is 5.63. The van der Waals surface area contributed by atoms with Crippen LogP contribution in [0.2, 0.25) is 0 Å². The molecule has 1 amide bonds. The number of amides is 1. The molecule has 1 fully saturated rings. The highest BCUT2D eigenvalue weighted by Crippen LogP contribution is 2.41. The molecule has 2 N–H and O–H groups in total. The number of rotatable bonds is 7. The summed E-state index contributed by atoms with van der Waals surface area (Å²) < 4.78 is 0. The number of carbonyl (C=O) groups excluding carboxylic acids is 1. The first-order valence-corrected chi connectivity index (χ1v) is 7.03. The van der Waals surface area contributed by atoms with E-state index in [0.717, 1.165) is 38.5 Å². The van der Waals surface area contributed by atoms with Crippen LogP contribution in [0.25, 0.3) is 0 Å². The number of hydrogen-bond acceptors (Lipinski definition) is 2. The fraction of sp³-hybridized carbons (Fsp3) is 0.857. The molecule has 1 atom stereocenters. The predicted octanol–water partition coefficient (Wildman–Crippen LogP) is 2.72. The second kappa shape index (κ2) is 6.76. The molecule has 0 aromatic heterocycles. The molecule has 104 valence electrons. The van der Waals surface area contributed by atoms with Crippen molar-refractivity contribution < 1.29 is 14.7 Å². The molecule has 0 aromatic rings. The third-order valence-electron chi connectivity index (χ3n) is 4.12. The van der Waals surface area contributed by atoms with Crippen LogP contribution in [0.1, 0.15) is 65.2 Å². The summed E-state index contributed by atoms with van der Waals surface area (Å²) in [5.41, 5.74) is -0.152. The monoisotopic (exact) mass is 255 g/mol. The van der Waals surface area contributed by atoms with E-state index >= 15 is 0 Å². The van der Waals surface area contributed by atoms with Crippen molar-refractivity contribution in [2.24, 2.45) is 5.41 Å². The van der Waals surface area contributed by atoms with Gasteiger partial charge in [-0.15, -0.1) is 0 Å². The summed E-state index contributed by atoms with van der Waals surface area (Å²) in [5.74, 6) is -0.598. The second-order valence-electron chi connectivity index (χ2n) is 5.50. The maximum absolute atomic E-state index is 12.3. The van der Waals surface area contributed by atoms with Crippen molar-refractivity contribution in [3.63, 3.8) is 0 Å². The zero-order valence-electron chi connectivity index (χ0n) is 11.5. The number of hydrogen-bond donors (Lipinski definition) is 2. The molecule has 0 heterocycles. The largest absolute Gasteiger partial charge is 0.481 e. The zero-order chi connectivity index (χ0) is 13.6. The van der Waals surface area contributed by atoms with E-state index in [1.165, 1.54) is 0 Å². The molecule has 0 aliphatic heterocycles. The van der Waals surface area contributed by atoms with Crippen molar-refractivity contribution >= 4 is 11.9 Å². The Labute approximate surface area is 109 Å².